The summed E-state index contributed by atoms with van der Waals surface area (Å²) in [6.07, 6.45) is 1.49. The molecule has 1 aliphatic heterocycles. The normalized spacial score (nSPS) is 15.8. The monoisotopic (exact) mass is 437 g/mol. The lowest BCUT2D eigenvalue weighted by Gasteiger charge is -2.35. The molecule has 0 aliphatic carbocycles. The lowest BCUT2D eigenvalue weighted by molar-refractivity contribution is 0.302. The molecule has 9 heteroatoms. The Morgan fingerprint density at radius 1 is 1.00 bits per heavy atom. The second-order valence-corrected chi connectivity index (χ2v) is 11.0. The van der Waals surface area contributed by atoms with E-state index in [1.54, 1.807) is 17.4 Å². The minimum absolute atomic E-state index is 0.106. The van der Waals surface area contributed by atoms with Crippen molar-refractivity contribution in [2.45, 2.75) is 58.5 Å². The average Bonchev–Trinajstić information content (AvgIpc) is 3.00. The smallest absolute Gasteiger partial charge is 0.245 e. The van der Waals surface area contributed by atoms with Crippen LogP contribution >= 0.6 is 11.3 Å². The van der Waals surface area contributed by atoms with Crippen LogP contribution in [0.4, 0.5) is 10.9 Å². The van der Waals surface area contributed by atoms with Crippen molar-refractivity contribution in [2.75, 3.05) is 36.0 Å². The van der Waals surface area contributed by atoms with Crippen LogP contribution in [0.15, 0.2) is 23.2 Å². The van der Waals surface area contributed by atoms with Gasteiger partial charge in [-0.05, 0) is 53.7 Å². The molecule has 3 heterocycles. The van der Waals surface area contributed by atoms with E-state index in [-0.39, 0.29) is 17.0 Å². The number of sulfonamides is 1. The molecule has 2 aromatic rings. The summed E-state index contributed by atoms with van der Waals surface area (Å²) in [5.74, 6) is 0.816. The molecule has 1 aliphatic rings. The fraction of sp³-hybridized carbons (Fsp3) is 0.600. The van der Waals surface area contributed by atoms with E-state index < -0.39 is 10.0 Å². The summed E-state index contributed by atoms with van der Waals surface area (Å²) in [4.78, 5) is 15.1. The number of nitrogens with zero attached hydrogens (tertiary/aromatic N) is 5. The maximum atomic E-state index is 13.0. The zero-order valence-electron chi connectivity index (χ0n) is 18.1. The van der Waals surface area contributed by atoms with E-state index in [2.05, 4.69) is 26.7 Å². The molecule has 29 heavy (non-hydrogen) atoms. The van der Waals surface area contributed by atoms with E-state index in [9.17, 15) is 8.42 Å². The van der Waals surface area contributed by atoms with Gasteiger partial charge in [-0.2, -0.15) is 4.31 Å². The van der Waals surface area contributed by atoms with Crippen molar-refractivity contribution < 1.29 is 8.42 Å². The van der Waals surface area contributed by atoms with Gasteiger partial charge in [-0.25, -0.2) is 18.4 Å². The molecule has 0 atom stereocenters. The second kappa shape index (κ2) is 8.57. The minimum atomic E-state index is -3.56. The molecule has 0 bridgehead atoms. The lowest BCUT2D eigenvalue weighted by Crippen LogP contribution is -2.46. The van der Waals surface area contributed by atoms with Crippen LogP contribution in [0.5, 0.6) is 0 Å². The number of anilines is 2. The summed E-state index contributed by atoms with van der Waals surface area (Å²) in [5.41, 5.74) is 1.10. The van der Waals surface area contributed by atoms with Gasteiger partial charge in [0.25, 0.3) is 0 Å². The molecule has 0 saturated carbocycles. The fourth-order valence-electron chi connectivity index (χ4n) is 3.70. The molecule has 0 N–H and O–H groups in total. The third-order valence-corrected chi connectivity index (χ3v) is 8.57. The number of pyridine rings is 1. The van der Waals surface area contributed by atoms with Crippen molar-refractivity contribution in [3.8, 4) is 0 Å². The summed E-state index contributed by atoms with van der Waals surface area (Å²) in [6, 6.07) is 3.28. The largest absolute Gasteiger partial charge is 0.353 e. The van der Waals surface area contributed by atoms with E-state index in [1.807, 2.05) is 40.7 Å². The Morgan fingerprint density at radius 3 is 2.03 bits per heavy atom. The van der Waals surface area contributed by atoms with Gasteiger partial charge in [0.05, 0.1) is 5.69 Å². The molecular formula is C20H31N5O2S2. The molecule has 1 saturated heterocycles. The van der Waals surface area contributed by atoms with Crippen LogP contribution in [0, 0.1) is 13.8 Å². The first-order chi connectivity index (χ1) is 13.6. The van der Waals surface area contributed by atoms with Gasteiger partial charge in [-0.15, -0.1) is 11.3 Å². The number of aryl methyl sites for hydroxylation is 2. The number of aromatic nitrogens is 2. The van der Waals surface area contributed by atoms with Crippen LogP contribution in [-0.2, 0) is 10.0 Å². The molecule has 3 rings (SSSR count). The van der Waals surface area contributed by atoms with Gasteiger partial charge in [0.15, 0.2) is 5.13 Å². The lowest BCUT2D eigenvalue weighted by atomic mass is 10.3. The van der Waals surface area contributed by atoms with E-state index in [0.29, 0.717) is 0 Å². The Hall–Kier alpha value is -1.71. The Kier molecular flexibility index (Phi) is 6.50. The molecule has 0 amide bonds. The molecule has 0 radical (unpaired) electrons. The SMILES string of the molecule is Cc1nc(N2CCN(c3ccc(S(=O)(=O)N(C(C)C)C(C)C)cn3)CC2)sc1C. The van der Waals surface area contributed by atoms with Crippen LogP contribution < -0.4 is 9.80 Å². The van der Waals surface area contributed by atoms with Crippen molar-refractivity contribution in [3.05, 3.63) is 28.9 Å². The summed E-state index contributed by atoms with van der Waals surface area (Å²) in [5, 5.41) is 1.08. The maximum Gasteiger partial charge on any atom is 0.245 e. The van der Waals surface area contributed by atoms with Crippen molar-refractivity contribution in [1.82, 2.24) is 14.3 Å². The fourth-order valence-corrected chi connectivity index (χ4v) is 6.44. The van der Waals surface area contributed by atoms with Gasteiger partial charge in [0.2, 0.25) is 10.0 Å². The van der Waals surface area contributed by atoms with Crippen LogP contribution in [0.3, 0.4) is 0 Å². The van der Waals surface area contributed by atoms with Crippen molar-refractivity contribution >= 4 is 32.3 Å². The number of hydrogen-bond acceptors (Lipinski definition) is 7. The Morgan fingerprint density at radius 2 is 1.59 bits per heavy atom. The van der Waals surface area contributed by atoms with Gasteiger partial charge in [0.1, 0.15) is 10.7 Å². The van der Waals surface area contributed by atoms with Crippen molar-refractivity contribution in [3.63, 3.8) is 0 Å². The topological polar surface area (TPSA) is 69.6 Å². The summed E-state index contributed by atoms with van der Waals surface area (Å²) in [7, 11) is -3.56. The van der Waals surface area contributed by atoms with Gasteiger partial charge in [0, 0.05) is 49.3 Å². The highest BCUT2D eigenvalue weighted by Gasteiger charge is 2.30. The van der Waals surface area contributed by atoms with Crippen LogP contribution in [0.1, 0.15) is 38.3 Å². The number of piperazine rings is 1. The summed E-state index contributed by atoms with van der Waals surface area (Å²) < 4.78 is 27.5. The molecule has 1 fully saturated rings. The summed E-state index contributed by atoms with van der Waals surface area (Å²) in [6.45, 7) is 15.1. The first-order valence-corrected chi connectivity index (χ1v) is 12.3. The molecule has 0 aromatic carbocycles. The maximum absolute atomic E-state index is 13.0. The zero-order valence-corrected chi connectivity index (χ0v) is 19.7. The number of thiazole rings is 1. The van der Waals surface area contributed by atoms with E-state index in [1.165, 1.54) is 15.4 Å². The van der Waals surface area contributed by atoms with Crippen LogP contribution in [-0.4, -0.2) is 61.0 Å². The predicted octanol–water partition coefficient (Wildman–Crippen LogP) is 3.29. The summed E-state index contributed by atoms with van der Waals surface area (Å²) >= 11 is 1.74. The molecular weight excluding hydrogens is 406 g/mol. The molecule has 7 nitrogen and oxygen atoms in total. The molecule has 160 valence electrons. The molecule has 0 spiro atoms. The first kappa shape index (κ1) is 22.0. The quantitative estimate of drug-likeness (QED) is 0.691. The second-order valence-electron chi connectivity index (χ2n) is 7.99. The van der Waals surface area contributed by atoms with Gasteiger partial charge in [-0.1, -0.05) is 0 Å². The van der Waals surface area contributed by atoms with Gasteiger partial charge in [-0.3, -0.25) is 0 Å². The first-order valence-electron chi connectivity index (χ1n) is 10.0. The Labute approximate surface area is 178 Å². The van der Waals surface area contributed by atoms with Crippen LogP contribution in [0.2, 0.25) is 0 Å². The Bertz CT molecular complexity index is 903. The zero-order chi connectivity index (χ0) is 21.3. The van der Waals surface area contributed by atoms with Crippen LogP contribution in [0.25, 0.3) is 0 Å². The van der Waals surface area contributed by atoms with E-state index in [4.69, 9.17) is 0 Å². The highest BCUT2D eigenvalue weighted by atomic mass is 32.2. The molecule has 0 unspecified atom stereocenters. The van der Waals surface area contributed by atoms with Gasteiger partial charge < -0.3 is 9.80 Å². The number of hydrogen-bond donors (Lipinski definition) is 0. The molecule has 2 aromatic heterocycles. The van der Waals surface area contributed by atoms with Crippen molar-refractivity contribution in [1.29, 1.82) is 0 Å². The Balaban J connectivity index is 1.69. The third-order valence-electron chi connectivity index (χ3n) is 5.21. The van der Waals surface area contributed by atoms with E-state index in [0.717, 1.165) is 42.8 Å². The third kappa shape index (κ3) is 4.57. The van der Waals surface area contributed by atoms with E-state index >= 15 is 0 Å². The number of rotatable bonds is 6. The minimum Gasteiger partial charge on any atom is -0.353 e. The standard InChI is InChI=1S/C20H31N5O2S2/c1-14(2)25(15(3)4)29(26,27)18-7-8-19(21-13-18)23-9-11-24(12-10-23)20-22-16(5)17(6)28-20/h7-8,13-15H,9-12H2,1-6H3. The highest BCUT2D eigenvalue weighted by Crippen LogP contribution is 2.27. The van der Waals surface area contributed by atoms with Gasteiger partial charge >= 0.3 is 0 Å². The average molecular weight is 438 g/mol. The predicted molar refractivity (Wildman–Crippen MR) is 120 cm³/mol. The van der Waals surface area contributed by atoms with Crippen molar-refractivity contribution in [2.24, 2.45) is 0 Å². The highest BCUT2D eigenvalue weighted by molar-refractivity contribution is 7.89.